The van der Waals surface area contributed by atoms with Crippen molar-refractivity contribution in [2.45, 2.75) is 18.8 Å². The van der Waals surface area contributed by atoms with Gasteiger partial charge in [0.05, 0.1) is 13.7 Å². The Kier molecular flexibility index (Phi) is 5.09. The number of carbonyl (C=O) groups is 3. The van der Waals surface area contributed by atoms with Crippen molar-refractivity contribution in [1.29, 1.82) is 0 Å². The lowest BCUT2D eigenvalue weighted by Crippen LogP contribution is -2.65. The zero-order valence-corrected chi connectivity index (χ0v) is 9.33. The molecule has 0 aromatic heterocycles. The molecular weight excluding hydrogens is 263 g/mol. The summed E-state index contributed by atoms with van der Waals surface area (Å²) in [6, 6.07) is 0. The van der Waals surface area contributed by atoms with Crippen LogP contribution in [-0.2, 0) is 23.9 Å². The van der Waals surface area contributed by atoms with Gasteiger partial charge < -0.3 is 19.9 Å². The van der Waals surface area contributed by atoms with E-state index in [4.69, 9.17) is 5.11 Å². The fourth-order valence-electron chi connectivity index (χ4n) is 0.797. The Morgan fingerprint density at radius 1 is 1.28 bits per heavy atom. The summed E-state index contributed by atoms with van der Waals surface area (Å²) in [4.78, 5) is 32.6. The van der Waals surface area contributed by atoms with Crippen molar-refractivity contribution in [3.05, 3.63) is 0 Å². The Bertz CT molecular complexity index is 355. The molecule has 10 heteroatoms. The van der Waals surface area contributed by atoms with E-state index in [1.165, 1.54) is 6.92 Å². The largest absolute Gasteiger partial charge is 0.465 e. The molecule has 1 atom stereocenters. The third-order valence-electron chi connectivity index (χ3n) is 1.65. The van der Waals surface area contributed by atoms with E-state index in [2.05, 4.69) is 9.47 Å². The monoisotopic (exact) mass is 273 g/mol. The summed E-state index contributed by atoms with van der Waals surface area (Å²) in [5.74, 6) is -5.79. The molecule has 1 amide bonds. The molecule has 7 nitrogen and oxygen atoms in total. The van der Waals surface area contributed by atoms with E-state index in [0.29, 0.717) is 7.11 Å². The molecule has 0 heterocycles. The van der Waals surface area contributed by atoms with Crippen molar-refractivity contribution in [3.63, 3.8) is 0 Å². The van der Waals surface area contributed by atoms with Gasteiger partial charge in [-0.2, -0.15) is 13.2 Å². The van der Waals surface area contributed by atoms with Crippen molar-refractivity contribution in [2.75, 3.05) is 13.7 Å². The molecule has 0 aromatic rings. The van der Waals surface area contributed by atoms with Crippen molar-refractivity contribution < 1.29 is 42.1 Å². The summed E-state index contributed by atoms with van der Waals surface area (Å²) < 4.78 is 45.1. The number of hydrogen-bond donors (Lipinski definition) is 2. The number of methoxy groups -OCH3 is 1. The number of alkyl halides is 3. The van der Waals surface area contributed by atoms with Gasteiger partial charge in [-0.05, 0) is 6.92 Å². The third kappa shape index (κ3) is 3.32. The van der Waals surface area contributed by atoms with Crippen LogP contribution < -0.4 is 5.32 Å². The first-order valence-corrected chi connectivity index (χ1v) is 4.47. The van der Waals surface area contributed by atoms with Crippen LogP contribution in [0.15, 0.2) is 0 Å². The van der Waals surface area contributed by atoms with E-state index in [1.54, 1.807) is 0 Å². The van der Waals surface area contributed by atoms with Gasteiger partial charge in [-0.15, -0.1) is 0 Å². The van der Waals surface area contributed by atoms with Gasteiger partial charge >= 0.3 is 29.7 Å². The predicted octanol–water partition coefficient (Wildman–Crippen LogP) is -0.910. The second-order valence-electron chi connectivity index (χ2n) is 2.87. The summed E-state index contributed by atoms with van der Waals surface area (Å²) in [7, 11) is 0.565. The van der Waals surface area contributed by atoms with Gasteiger partial charge in [0, 0.05) is 0 Å². The molecule has 2 N–H and O–H groups in total. The molecule has 0 radical (unpaired) electrons. The number of aliphatic hydroxyl groups is 1. The van der Waals surface area contributed by atoms with E-state index in [1.807, 2.05) is 0 Å². The molecule has 0 bridgehead atoms. The van der Waals surface area contributed by atoms with E-state index < -0.39 is 29.7 Å². The zero-order valence-electron chi connectivity index (χ0n) is 9.33. The van der Waals surface area contributed by atoms with Crippen molar-refractivity contribution in [3.8, 4) is 0 Å². The fourth-order valence-corrected chi connectivity index (χ4v) is 0.797. The van der Waals surface area contributed by atoms with E-state index in [9.17, 15) is 27.6 Å². The van der Waals surface area contributed by atoms with Gasteiger partial charge in [-0.25, -0.2) is 9.59 Å². The van der Waals surface area contributed by atoms with Gasteiger partial charge in [-0.3, -0.25) is 4.79 Å². The highest BCUT2D eigenvalue weighted by molar-refractivity contribution is 6.33. The normalized spacial score (nSPS) is 14.3. The van der Waals surface area contributed by atoms with Crippen LogP contribution in [-0.4, -0.2) is 48.6 Å². The van der Waals surface area contributed by atoms with Crippen LogP contribution in [0, 0.1) is 0 Å². The number of carbonyl (C=O) groups excluding carboxylic acids is 3. The lowest BCUT2D eigenvalue weighted by molar-refractivity contribution is -0.270. The summed E-state index contributed by atoms with van der Waals surface area (Å²) in [5.41, 5.74) is -4.31. The zero-order chi connectivity index (χ0) is 14.6. The predicted molar refractivity (Wildman–Crippen MR) is 47.8 cm³/mol. The van der Waals surface area contributed by atoms with Gasteiger partial charge in [0.1, 0.15) is 0 Å². The van der Waals surface area contributed by atoms with Crippen LogP contribution in [0.3, 0.4) is 0 Å². The van der Waals surface area contributed by atoms with Crippen molar-refractivity contribution >= 4 is 17.8 Å². The van der Waals surface area contributed by atoms with Crippen LogP contribution in [0.1, 0.15) is 6.92 Å². The molecule has 0 aliphatic rings. The quantitative estimate of drug-likeness (QED) is 0.392. The first-order valence-electron chi connectivity index (χ1n) is 4.47. The number of halogens is 3. The van der Waals surface area contributed by atoms with E-state index in [-0.39, 0.29) is 6.61 Å². The Labute approximate surface area is 98.8 Å². The topological polar surface area (TPSA) is 102 Å². The van der Waals surface area contributed by atoms with Crippen molar-refractivity contribution in [2.24, 2.45) is 0 Å². The van der Waals surface area contributed by atoms with Crippen LogP contribution in [0.25, 0.3) is 0 Å². The molecule has 0 aromatic carbocycles. The molecule has 0 saturated carbocycles. The highest BCUT2D eigenvalue weighted by Gasteiger charge is 2.62. The van der Waals surface area contributed by atoms with Crippen LogP contribution in [0.2, 0.25) is 0 Å². The Hall–Kier alpha value is -1.84. The van der Waals surface area contributed by atoms with Gasteiger partial charge in [0.2, 0.25) is 0 Å². The molecule has 0 spiro atoms. The van der Waals surface area contributed by atoms with Crippen LogP contribution in [0.5, 0.6) is 0 Å². The summed E-state index contributed by atoms with van der Waals surface area (Å²) in [5, 5.41) is 9.88. The van der Waals surface area contributed by atoms with E-state index in [0.717, 1.165) is 5.32 Å². The first-order chi connectivity index (χ1) is 8.10. The summed E-state index contributed by atoms with van der Waals surface area (Å²) in [6.07, 6.45) is -5.57. The standard InChI is InChI=1S/C8H10F3NO6/c1-3-18-5(14)4(13)12-7(16,6(15)17-2)8(9,10)11/h16H,3H2,1-2H3,(H,12,13)/t7-/m0/s1. The van der Waals surface area contributed by atoms with Gasteiger partial charge in [-0.1, -0.05) is 0 Å². The molecule has 0 saturated heterocycles. The summed E-state index contributed by atoms with van der Waals surface area (Å²) in [6.45, 7) is 1.04. The Balaban J connectivity index is 5.11. The van der Waals surface area contributed by atoms with Gasteiger partial charge in [0.15, 0.2) is 0 Å². The Morgan fingerprint density at radius 2 is 1.78 bits per heavy atom. The highest BCUT2D eigenvalue weighted by Crippen LogP contribution is 2.29. The second-order valence-corrected chi connectivity index (χ2v) is 2.87. The average molecular weight is 273 g/mol. The molecule has 0 rings (SSSR count). The fraction of sp³-hybridized carbons (Fsp3) is 0.625. The second kappa shape index (κ2) is 5.67. The third-order valence-corrected chi connectivity index (χ3v) is 1.65. The number of ether oxygens (including phenoxy) is 2. The minimum Gasteiger partial charge on any atom is -0.465 e. The molecule has 0 fully saturated rings. The molecule has 18 heavy (non-hydrogen) atoms. The number of hydrogen-bond acceptors (Lipinski definition) is 6. The lowest BCUT2D eigenvalue weighted by Gasteiger charge is -2.27. The van der Waals surface area contributed by atoms with E-state index >= 15 is 0 Å². The first kappa shape index (κ1) is 16.2. The molecule has 0 aliphatic heterocycles. The number of rotatable bonds is 3. The van der Waals surface area contributed by atoms with Gasteiger partial charge in [0.25, 0.3) is 0 Å². The number of amides is 1. The maximum absolute atomic E-state index is 12.4. The average Bonchev–Trinajstić information content (AvgIpc) is 2.26. The molecule has 0 aliphatic carbocycles. The molecule has 104 valence electrons. The number of esters is 2. The SMILES string of the molecule is CCOC(=O)C(=O)N[C@](O)(C(=O)OC)C(F)(F)F. The summed E-state index contributed by atoms with van der Waals surface area (Å²) >= 11 is 0. The number of nitrogens with one attached hydrogen (secondary N) is 1. The van der Waals surface area contributed by atoms with Crippen molar-refractivity contribution in [1.82, 2.24) is 5.32 Å². The maximum Gasteiger partial charge on any atom is 0.448 e. The highest BCUT2D eigenvalue weighted by atomic mass is 19.4. The maximum atomic E-state index is 12.4. The Morgan fingerprint density at radius 3 is 2.11 bits per heavy atom. The smallest absolute Gasteiger partial charge is 0.448 e. The minimum atomic E-state index is -5.57. The lowest BCUT2D eigenvalue weighted by atomic mass is 10.2. The van der Waals surface area contributed by atoms with Crippen LogP contribution >= 0.6 is 0 Å². The minimum absolute atomic E-state index is 0.269. The van der Waals surface area contributed by atoms with Crippen LogP contribution in [0.4, 0.5) is 13.2 Å². The molecule has 0 unspecified atom stereocenters. The molecular formula is C8H10F3NO6.